The first-order valence-corrected chi connectivity index (χ1v) is 8.02. The lowest BCUT2D eigenvalue weighted by Gasteiger charge is -2.34. The molecule has 1 atom stereocenters. The van der Waals surface area contributed by atoms with E-state index in [0.717, 1.165) is 36.4 Å². The van der Waals surface area contributed by atoms with Crippen molar-refractivity contribution in [2.45, 2.75) is 31.7 Å². The van der Waals surface area contributed by atoms with Gasteiger partial charge in [-0.05, 0) is 43.5 Å². The zero-order valence-electron chi connectivity index (χ0n) is 12.4. The van der Waals surface area contributed by atoms with Crippen molar-refractivity contribution >= 4 is 17.5 Å². The number of nitrogens with zero attached hydrogens (tertiary/aromatic N) is 1. The summed E-state index contributed by atoms with van der Waals surface area (Å²) >= 11 is 5.94. The monoisotopic (exact) mass is 309 g/mol. The Morgan fingerprint density at radius 3 is 3.05 bits per heavy atom. The first kappa shape index (κ1) is 16.3. The fraction of sp³-hybridized carbons (Fsp3) is 0.562. The lowest BCUT2D eigenvalue weighted by atomic mass is 10.0. The van der Waals surface area contributed by atoms with Crippen LogP contribution in [0.5, 0.6) is 0 Å². The average Bonchev–Trinajstić information content (AvgIpc) is 2.48. The van der Waals surface area contributed by atoms with E-state index in [9.17, 15) is 4.79 Å². The number of nitrogens with one attached hydrogen (secondary N) is 1. The van der Waals surface area contributed by atoms with Crippen LogP contribution in [0.3, 0.4) is 0 Å². The number of rotatable bonds is 6. The molecule has 116 valence electrons. The molecule has 1 heterocycles. The number of carbonyl (C=O) groups is 1. The Bertz CT molecular complexity index is 467. The van der Waals surface area contributed by atoms with Gasteiger partial charge in [-0.25, -0.2) is 0 Å². The van der Waals surface area contributed by atoms with Gasteiger partial charge in [0, 0.05) is 24.2 Å². The molecular weight excluding hydrogens is 286 g/mol. The summed E-state index contributed by atoms with van der Waals surface area (Å²) in [5, 5.41) is 3.71. The predicted octanol–water partition coefficient (Wildman–Crippen LogP) is 1.81. The van der Waals surface area contributed by atoms with Gasteiger partial charge >= 0.3 is 0 Å². The molecule has 1 aromatic rings. The van der Waals surface area contributed by atoms with Crippen molar-refractivity contribution in [1.82, 2.24) is 10.2 Å². The summed E-state index contributed by atoms with van der Waals surface area (Å²) in [7, 11) is 0. The number of hydrogen-bond donors (Lipinski definition) is 2. The lowest BCUT2D eigenvalue weighted by molar-refractivity contribution is -0.123. The van der Waals surface area contributed by atoms with E-state index in [1.807, 2.05) is 24.3 Å². The summed E-state index contributed by atoms with van der Waals surface area (Å²) in [5.41, 5.74) is 6.91. The number of halogens is 1. The van der Waals surface area contributed by atoms with Crippen LogP contribution in [0.2, 0.25) is 5.02 Å². The quantitative estimate of drug-likeness (QED) is 0.842. The molecule has 3 N–H and O–H groups in total. The van der Waals surface area contributed by atoms with Crippen molar-refractivity contribution in [3.8, 4) is 0 Å². The van der Waals surface area contributed by atoms with Crippen molar-refractivity contribution in [2.75, 3.05) is 26.2 Å². The molecule has 1 aliphatic heterocycles. The van der Waals surface area contributed by atoms with Crippen molar-refractivity contribution in [1.29, 1.82) is 0 Å². The lowest BCUT2D eigenvalue weighted by Crippen LogP contribution is -2.48. The second-order valence-electron chi connectivity index (χ2n) is 5.59. The maximum absolute atomic E-state index is 12.0. The zero-order chi connectivity index (χ0) is 15.1. The number of carbonyl (C=O) groups excluding carboxylic acids is 1. The van der Waals surface area contributed by atoms with Gasteiger partial charge < -0.3 is 11.1 Å². The molecule has 0 spiro atoms. The van der Waals surface area contributed by atoms with Crippen molar-refractivity contribution in [3.05, 3.63) is 34.9 Å². The van der Waals surface area contributed by atoms with E-state index in [-0.39, 0.29) is 5.91 Å². The number of hydrogen-bond acceptors (Lipinski definition) is 3. The van der Waals surface area contributed by atoms with E-state index in [0.29, 0.717) is 25.7 Å². The van der Waals surface area contributed by atoms with Gasteiger partial charge in [-0.3, -0.25) is 9.69 Å². The van der Waals surface area contributed by atoms with Gasteiger partial charge in [0.1, 0.15) is 0 Å². The highest BCUT2D eigenvalue weighted by atomic mass is 35.5. The van der Waals surface area contributed by atoms with E-state index in [1.54, 1.807) is 0 Å². The van der Waals surface area contributed by atoms with E-state index in [2.05, 4.69) is 10.2 Å². The molecule has 1 aromatic carbocycles. The number of piperidine rings is 1. The Kier molecular flexibility index (Phi) is 6.49. The maximum Gasteiger partial charge on any atom is 0.234 e. The van der Waals surface area contributed by atoms with E-state index < -0.39 is 0 Å². The van der Waals surface area contributed by atoms with Gasteiger partial charge in [0.2, 0.25) is 5.91 Å². The maximum atomic E-state index is 12.0. The summed E-state index contributed by atoms with van der Waals surface area (Å²) in [4.78, 5) is 14.2. The highest BCUT2D eigenvalue weighted by molar-refractivity contribution is 6.30. The first-order chi connectivity index (χ1) is 10.2. The molecule has 0 aliphatic carbocycles. The molecule has 0 saturated carbocycles. The highest BCUT2D eigenvalue weighted by Crippen LogP contribution is 2.15. The Hall–Kier alpha value is -1.10. The van der Waals surface area contributed by atoms with Crippen LogP contribution in [0.1, 0.15) is 24.8 Å². The summed E-state index contributed by atoms with van der Waals surface area (Å²) in [6, 6.07) is 8.10. The van der Waals surface area contributed by atoms with Crippen LogP contribution in [0.25, 0.3) is 0 Å². The van der Waals surface area contributed by atoms with Gasteiger partial charge in [-0.1, -0.05) is 30.2 Å². The molecular formula is C16H24ClN3O. The zero-order valence-corrected chi connectivity index (χ0v) is 13.1. The molecule has 1 amide bonds. The molecule has 0 aromatic heterocycles. The van der Waals surface area contributed by atoms with Gasteiger partial charge in [-0.2, -0.15) is 0 Å². The van der Waals surface area contributed by atoms with Crippen LogP contribution < -0.4 is 11.1 Å². The van der Waals surface area contributed by atoms with Crippen LogP contribution >= 0.6 is 11.6 Å². The Labute approximate surface area is 131 Å². The molecule has 1 unspecified atom stereocenters. The van der Waals surface area contributed by atoms with Gasteiger partial charge in [-0.15, -0.1) is 0 Å². The summed E-state index contributed by atoms with van der Waals surface area (Å²) in [6.45, 7) is 2.71. The van der Waals surface area contributed by atoms with Crippen LogP contribution in [-0.2, 0) is 11.2 Å². The molecule has 21 heavy (non-hydrogen) atoms. The van der Waals surface area contributed by atoms with E-state index in [4.69, 9.17) is 17.3 Å². The van der Waals surface area contributed by atoms with Gasteiger partial charge in [0.15, 0.2) is 0 Å². The van der Waals surface area contributed by atoms with Gasteiger partial charge in [0.05, 0.1) is 6.54 Å². The summed E-state index contributed by atoms with van der Waals surface area (Å²) in [5.74, 6) is 0.0809. The molecule has 2 rings (SSSR count). The van der Waals surface area contributed by atoms with Crippen LogP contribution in [-0.4, -0.2) is 43.0 Å². The van der Waals surface area contributed by atoms with Crippen molar-refractivity contribution in [3.63, 3.8) is 0 Å². The number of nitrogens with two attached hydrogens (primary N) is 1. The molecule has 0 radical (unpaired) electrons. The number of benzene rings is 1. The van der Waals surface area contributed by atoms with Gasteiger partial charge in [0.25, 0.3) is 0 Å². The Balaban J connectivity index is 1.72. The number of amides is 1. The number of likely N-dealkylation sites (tertiary alicyclic amines) is 1. The predicted molar refractivity (Wildman–Crippen MR) is 86.4 cm³/mol. The van der Waals surface area contributed by atoms with Crippen molar-refractivity contribution in [2.24, 2.45) is 5.73 Å². The average molecular weight is 310 g/mol. The second-order valence-corrected chi connectivity index (χ2v) is 6.02. The van der Waals surface area contributed by atoms with E-state index in [1.165, 1.54) is 6.42 Å². The van der Waals surface area contributed by atoms with Crippen LogP contribution in [0.15, 0.2) is 24.3 Å². The third-order valence-corrected chi connectivity index (χ3v) is 4.23. The fourth-order valence-corrected chi connectivity index (χ4v) is 3.03. The van der Waals surface area contributed by atoms with Crippen LogP contribution in [0, 0.1) is 0 Å². The largest absolute Gasteiger partial charge is 0.355 e. The van der Waals surface area contributed by atoms with Crippen LogP contribution in [0.4, 0.5) is 0 Å². The Morgan fingerprint density at radius 2 is 2.29 bits per heavy atom. The van der Waals surface area contributed by atoms with E-state index >= 15 is 0 Å². The molecule has 1 saturated heterocycles. The van der Waals surface area contributed by atoms with Crippen molar-refractivity contribution < 1.29 is 4.79 Å². The normalized spacial score (nSPS) is 19.4. The minimum absolute atomic E-state index is 0.0809. The minimum atomic E-state index is 0.0809. The molecule has 4 nitrogen and oxygen atoms in total. The highest BCUT2D eigenvalue weighted by Gasteiger charge is 2.22. The molecule has 5 heteroatoms. The smallest absolute Gasteiger partial charge is 0.234 e. The minimum Gasteiger partial charge on any atom is -0.355 e. The standard InChI is InChI=1S/C16H24ClN3O/c17-14-5-3-4-13(10-14)7-8-19-16(21)12-20-9-2-1-6-15(20)11-18/h3-5,10,15H,1-2,6-9,11-12,18H2,(H,19,21). The Morgan fingerprint density at radius 1 is 1.43 bits per heavy atom. The molecule has 1 aliphatic rings. The second kappa shape index (κ2) is 8.37. The third-order valence-electron chi connectivity index (χ3n) is 3.99. The topological polar surface area (TPSA) is 58.4 Å². The third kappa shape index (κ3) is 5.30. The SMILES string of the molecule is NCC1CCCCN1CC(=O)NCCc1cccc(Cl)c1. The summed E-state index contributed by atoms with van der Waals surface area (Å²) in [6.07, 6.45) is 4.28. The fourth-order valence-electron chi connectivity index (χ4n) is 2.81. The summed E-state index contributed by atoms with van der Waals surface area (Å²) < 4.78 is 0. The first-order valence-electron chi connectivity index (χ1n) is 7.64. The molecule has 0 bridgehead atoms. The molecule has 1 fully saturated rings.